The fraction of sp³-hybridized carbons (Fsp3) is 0.533. The average Bonchev–Trinajstić information content (AvgIpc) is 2.42. The highest BCUT2D eigenvalue weighted by molar-refractivity contribution is 9.10. The normalized spacial score (nSPS) is 20.6. The molecular formula is C15H21BrN2O2. The Bertz CT molecular complexity index is 469. The van der Waals surface area contributed by atoms with Crippen molar-refractivity contribution in [3.8, 4) is 0 Å². The summed E-state index contributed by atoms with van der Waals surface area (Å²) in [6, 6.07) is 7.89. The fourth-order valence-corrected chi connectivity index (χ4v) is 2.89. The summed E-state index contributed by atoms with van der Waals surface area (Å²) in [6.45, 7) is 5.28. The Kier molecular flexibility index (Phi) is 4.83. The molecule has 5 heteroatoms. The summed E-state index contributed by atoms with van der Waals surface area (Å²) >= 11 is 3.40. The maximum atomic E-state index is 11.8. The van der Waals surface area contributed by atoms with Crippen molar-refractivity contribution in [1.82, 2.24) is 9.80 Å². The number of carboxylic acids is 1. The van der Waals surface area contributed by atoms with Crippen molar-refractivity contribution in [2.75, 3.05) is 33.2 Å². The number of carboxylic acid groups (broad SMARTS) is 1. The monoisotopic (exact) mass is 340 g/mol. The summed E-state index contributed by atoms with van der Waals surface area (Å²) in [4.78, 5) is 16.1. The van der Waals surface area contributed by atoms with Gasteiger partial charge >= 0.3 is 5.97 Å². The van der Waals surface area contributed by atoms with Crippen LogP contribution in [0.2, 0.25) is 0 Å². The van der Waals surface area contributed by atoms with E-state index in [2.05, 4.69) is 32.8 Å². The van der Waals surface area contributed by atoms with E-state index in [-0.39, 0.29) is 0 Å². The van der Waals surface area contributed by atoms with Gasteiger partial charge in [-0.3, -0.25) is 9.69 Å². The number of hydrogen-bond donors (Lipinski definition) is 1. The molecule has 1 N–H and O–H groups in total. The van der Waals surface area contributed by atoms with E-state index in [9.17, 15) is 9.90 Å². The summed E-state index contributed by atoms with van der Waals surface area (Å²) in [5.41, 5.74) is 0.215. The molecule has 1 atom stereocenters. The van der Waals surface area contributed by atoms with Crippen LogP contribution in [0.25, 0.3) is 0 Å². The van der Waals surface area contributed by atoms with E-state index in [1.807, 2.05) is 31.2 Å². The molecule has 0 spiro atoms. The number of rotatable bonds is 4. The molecule has 1 aromatic carbocycles. The van der Waals surface area contributed by atoms with Crippen LogP contribution < -0.4 is 0 Å². The lowest BCUT2D eigenvalue weighted by Crippen LogP contribution is -2.59. The third kappa shape index (κ3) is 3.40. The molecule has 1 unspecified atom stereocenters. The molecule has 0 radical (unpaired) electrons. The van der Waals surface area contributed by atoms with Gasteiger partial charge in [-0.2, -0.15) is 0 Å². The molecular weight excluding hydrogens is 320 g/mol. The van der Waals surface area contributed by atoms with Crippen LogP contribution >= 0.6 is 15.9 Å². The minimum absolute atomic E-state index is 0.527. The van der Waals surface area contributed by atoms with E-state index < -0.39 is 11.5 Å². The van der Waals surface area contributed by atoms with Gasteiger partial charge in [-0.25, -0.2) is 0 Å². The largest absolute Gasteiger partial charge is 0.480 e. The van der Waals surface area contributed by atoms with Crippen molar-refractivity contribution in [3.05, 3.63) is 34.3 Å². The molecule has 0 aliphatic carbocycles. The van der Waals surface area contributed by atoms with Gasteiger partial charge in [0.15, 0.2) is 0 Å². The van der Waals surface area contributed by atoms with E-state index in [0.29, 0.717) is 6.42 Å². The van der Waals surface area contributed by atoms with Crippen molar-refractivity contribution in [3.63, 3.8) is 0 Å². The van der Waals surface area contributed by atoms with Crippen molar-refractivity contribution < 1.29 is 9.90 Å². The Morgan fingerprint density at radius 1 is 1.25 bits per heavy atom. The molecule has 1 aliphatic heterocycles. The van der Waals surface area contributed by atoms with E-state index in [0.717, 1.165) is 36.2 Å². The van der Waals surface area contributed by atoms with Crippen LogP contribution in [-0.4, -0.2) is 59.6 Å². The molecule has 2 rings (SSSR count). The predicted octanol–water partition coefficient (Wildman–Crippen LogP) is 2.08. The van der Waals surface area contributed by atoms with Crippen LogP contribution in [-0.2, 0) is 11.2 Å². The molecule has 1 fully saturated rings. The van der Waals surface area contributed by atoms with Crippen LogP contribution in [0.5, 0.6) is 0 Å². The molecule has 4 nitrogen and oxygen atoms in total. The van der Waals surface area contributed by atoms with E-state index in [1.165, 1.54) is 0 Å². The summed E-state index contributed by atoms with van der Waals surface area (Å²) in [6.07, 6.45) is 0.527. The zero-order valence-electron chi connectivity index (χ0n) is 12.0. The van der Waals surface area contributed by atoms with Crippen LogP contribution in [0.1, 0.15) is 12.5 Å². The average molecular weight is 341 g/mol. The number of piperazine rings is 1. The molecule has 0 saturated carbocycles. The van der Waals surface area contributed by atoms with Crippen LogP contribution in [0, 0.1) is 0 Å². The van der Waals surface area contributed by atoms with Gasteiger partial charge in [-0.15, -0.1) is 0 Å². The van der Waals surface area contributed by atoms with Gasteiger partial charge in [0.25, 0.3) is 0 Å². The SMILES string of the molecule is CN1CCN(C(C)(Cc2ccc(Br)cc2)C(=O)O)CC1. The van der Waals surface area contributed by atoms with Gasteiger partial charge in [0.1, 0.15) is 5.54 Å². The number of carbonyl (C=O) groups is 1. The Labute approximate surface area is 128 Å². The Balaban J connectivity index is 2.16. The molecule has 1 aromatic rings. The molecule has 20 heavy (non-hydrogen) atoms. The fourth-order valence-electron chi connectivity index (χ4n) is 2.62. The number of hydrogen-bond acceptors (Lipinski definition) is 3. The van der Waals surface area contributed by atoms with Crippen molar-refractivity contribution >= 4 is 21.9 Å². The number of aliphatic carboxylic acids is 1. The minimum atomic E-state index is -0.838. The molecule has 0 aromatic heterocycles. The standard InChI is InChI=1S/C15H21BrN2O2/c1-15(14(19)20,18-9-7-17(2)8-10-18)11-12-3-5-13(16)6-4-12/h3-6H,7-11H2,1-2H3,(H,19,20). The molecule has 1 aliphatic rings. The number of halogens is 1. The van der Waals surface area contributed by atoms with Crippen LogP contribution in [0.4, 0.5) is 0 Å². The lowest BCUT2D eigenvalue weighted by Gasteiger charge is -2.42. The lowest BCUT2D eigenvalue weighted by atomic mass is 9.90. The highest BCUT2D eigenvalue weighted by Gasteiger charge is 2.40. The number of benzene rings is 1. The van der Waals surface area contributed by atoms with E-state index in [1.54, 1.807) is 0 Å². The summed E-state index contributed by atoms with van der Waals surface area (Å²) < 4.78 is 1.01. The third-order valence-electron chi connectivity index (χ3n) is 4.12. The van der Waals surface area contributed by atoms with Crippen LogP contribution in [0.3, 0.4) is 0 Å². The first-order valence-electron chi connectivity index (χ1n) is 6.83. The molecule has 1 heterocycles. The predicted molar refractivity (Wildman–Crippen MR) is 83.0 cm³/mol. The topological polar surface area (TPSA) is 43.8 Å². The lowest BCUT2D eigenvalue weighted by molar-refractivity contribution is -0.151. The van der Waals surface area contributed by atoms with Crippen molar-refractivity contribution in [1.29, 1.82) is 0 Å². The van der Waals surface area contributed by atoms with Gasteiger partial charge in [0, 0.05) is 37.1 Å². The minimum Gasteiger partial charge on any atom is -0.480 e. The van der Waals surface area contributed by atoms with Gasteiger partial charge in [0.2, 0.25) is 0 Å². The second-order valence-corrected chi connectivity index (χ2v) is 6.59. The Morgan fingerprint density at radius 2 is 1.80 bits per heavy atom. The highest BCUT2D eigenvalue weighted by Crippen LogP contribution is 2.24. The van der Waals surface area contributed by atoms with E-state index >= 15 is 0 Å². The quantitative estimate of drug-likeness (QED) is 0.911. The van der Waals surface area contributed by atoms with Gasteiger partial charge in [-0.05, 0) is 31.7 Å². The summed E-state index contributed by atoms with van der Waals surface area (Å²) in [5.74, 6) is -0.745. The highest BCUT2D eigenvalue weighted by atomic mass is 79.9. The maximum absolute atomic E-state index is 11.8. The summed E-state index contributed by atoms with van der Waals surface area (Å²) in [5, 5.41) is 9.70. The molecule has 0 bridgehead atoms. The first-order valence-corrected chi connectivity index (χ1v) is 7.62. The Hall–Kier alpha value is -0.910. The van der Waals surface area contributed by atoms with Gasteiger partial charge in [0.05, 0.1) is 0 Å². The Morgan fingerprint density at radius 3 is 2.30 bits per heavy atom. The second kappa shape index (κ2) is 6.24. The first-order chi connectivity index (χ1) is 9.41. The van der Waals surface area contributed by atoms with E-state index in [4.69, 9.17) is 0 Å². The first kappa shape index (κ1) is 15.5. The zero-order chi connectivity index (χ0) is 14.8. The maximum Gasteiger partial charge on any atom is 0.324 e. The third-order valence-corrected chi connectivity index (χ3v) is 4.65. The second-order valence-electron chi connectivity index (χ2n) is 5.67. The zero-order valence-corrected chi connectivity index (χ0v) is 13.6. The molecule has 110 valence electrons. The van der Waals surface area contributed by atoms with Crippen LogP contribution in [0.15, 0.2) is 28.7 Å². The number of nitrogens with zero attached hydrogens (tertiary/aromatic N) is 2. The number of likely N-dealkylation sites (N-methyl/N-ethyl adjacent to an activating group) is 1. The molecule has 1 saturated heterocycles. The molecule has 0 amide bonds. The smallest absolute Gasteiger partial charge is 0.324 e. The van der Waals surface area contributed by atoms with Gasteiger partial charge < -0.3 is 10.0 Å². The van der Waals surface area contributed by atoms with Crippen molar-refractivity contribution in [2.45, 2.75) is 18.9 Å². The van der Waals surface area contributed by atoms with Gasteiger partial charge in [-0.1, -0.05) is 28.1 Å². The summed E-state index contributed by atoms with van der Waals surface area (Å²) in [7, 11) is 2.07. The van der Waals surface area contributed by atoms with Crippen molar-refractivity contribution in [2.24, 2.45) is 0 Å².